The highest BCUT2D eigenvalue weighted by atomic mass is 32.1. The lowest BCUT2D eigenvalue weighted by atomic mass is 10.1. The van der Waals surface area contributed by atoms with Crippen molar-refractivity contribution >= 4 is 11.3 Å². The Morgan fingerprint density at radius 3 is 2.65 bits per heavy atom. The molecule has 0 fully saturated rings. The van der Waals surface area contributed by atoms with Crippen LogP contribution in [0, 0.1) is 6.92 Å². The van der Waals surface area contributed by atoms with Crippen molar-refractivity contribution in [3.05, 3.63) is 52.0 Å². The molecule has 0 aliphatic rings. The van der Waals surface area contributed by atoms with Crippen LogP contribution in [-0.2, 0) is 6.42 Å². The van der Waals surface area contributed by atoms with E-state index in [0.717, 1.165) is 37.2 Å². The molecule has 2 aromatic rings. The third-order valence-corrected chi connectivity index (χ3v) is 4.53. The second-order valence-electron chi connectivity index (χ2n) is 5.13. The molecule has 4 heteroatoms. The summed E-state index contributed by atoms with van der Waals surface area (Å²) >= 11 is 1.73. The first-order chi connectivity index (χ1) is 9.66. The van der Waals surface area contributed by atoms with Crippen LogP contribution < -0.4 is 0 Å². The van der Waals surface area contributed by atoms with Gasteiger partial charge in [-0.1, -0.05) is 30.3 Å². The molecule has 2 rings (SSSR count). The van der Waals surface area contributed by atoms with Crippen LogP contribution in [-0.4, -0.2) is 35.1 Å². The number of benzene rings is 1. The van der Waals surface area contributed by atoms with Gasteiger partial charge in [-0.05, 0) is 32.4 Å². The average molecular weight is 290 g/mol. The Balaban J connectivity index is 1.72. The molecule has 0 saturated heterocycles. The van der Waals surface area contributed by atoms with Crippen molar-refractivity contribution in [1.82, 2.24) is 9.88 Å². The Labute approximate surface area is 124 Å². The van der Waals surface area contributed by atoms with Crippen molar-refractivity contribution in [1.29, 1.82) is 0 Å². The van der Waals surface area contributed by atoms with E-state index in [1.807, 2.05) is 35.8 Å². The number of aliphatic hydroxyl groups is 1. The van der Waals surface area contributed by atoms with Crippen molar-refractivity contribution in [2.45, 2.75) is 25.9 Å². The lowest BCUT2D eigenvalue weighted by Crippen LogP contribution is -2.23. The third-order valence-electron chi connectivity index (χ3n) is 3.53. The lowest BCUT2D eigenvalue weighted by Gasteiger charge is -2.18. The molecule has 1 heterocycles. The molecule has 108 valence electrons. The van der Waals surface area contributed by atoms with Crippen LogP contribution in [0.2, 0.25) is 0 Å². The highest BCUT2D eigenvalue weighted by Gasteiger charge is 2.09. The van der Waals surface area contributed by atoms with Crippen LogP contribution >= 0.6 is 11.3 Å². The minimum absolute atomic E-state index is 0.371. The summed E-state index contributed by atoms with van der Waals surface area (Å²) in [5.41, 5.74) is 4.05. The fraction of sp³-hybridized carbons (Fsp3) is 0.438. The molecule has 0 unspecified atom stereocenters. The molecule has 0 bridgehead atoms. The largest absolute Gasteiger partial charge is 0.388 e. The number of rotatable bonds is 7. The fourth-order valence-electron chi connectivity index (χ4n) is 2.15. The number of nitrogens with zero attached hydrogens (tertiary/aromatic N) is 2. The maximum Gasteiger partial charge on any atom is 0.0802 e. The molecule has 0 aliphatic carbocycles. The van der Waals surface area contributed by atoms with Crippen LogP contribution in [0.4, 0.5) is 0 Å². The summed E-state index contributed by atoms with van der Waals surface area (Å²) in [6, 6.07) is 9.86. The van der Waals surface area contributed by atoms with Crippen LogP contribution in [0.25, 0.3) is 0 Å². The second-order valence-corrected chi connectivity index (χ2v) is 6.07. The Hall–Kier alpha value is -1.23. The van der Waals surface area contributed by atoms with E-state index in [4.69, 9.17) is 0 Å². The van der Waals surface area contributed by atoms with Crippen LogP contribution in [0.15, 0.2) is 35.8 Å². The van der Waals surface area contributed by atoms with Gasteiger partial charge in [0, 0.05) is 18.0 Å². The van der Waals surface area contributed by atoms with Gasteiger partial charge in [0.15, 0.2) is 0 Å². The molecule has 1 aromatic carbocycles. The normalized spacial score (nSPS) is 12.8. The van der Waals surface area contributed by atoms with Gasteiger partial charge in [-0.3, -0.25) is 0 Å². The minimum Gasteiger partial charge on any atom is -0.388 e. The number of thiazole rings is 1. The monoisotopic (exact) mass is 290 g/mol. The second kappa shape index (κ2) is 7.53. The zero-order chi connectivity index (χ0) is 14.4. The topological polar surface area (TPSA) is 36.4 Å². The van der Waals surface area contributed by atoms with Crippen LogP contribution in [0.1, 0.15) is 28.7 Å². The van der Waals surface area contributed by atoms with Gasteiger partial charge >= 0.3 is 0 Å². The van der Waals surface area contributed by atoms with Gasteiger partial charge in [-0.15, -0.1) is 11.3 Å². The number of aliphatic hydroxyl groups excluding tert-OH is 1. The number of aryl methyl sites for hydroxylation is 1. The summed E-state index contributed by atoms with van der Waals surface area (Å²) in [6.07, 6.45) is 1.43. The first-order valence-corrected chi connectivity index (χ1v) is 7.85. The van der Waals surface area contributed by atoms with E-state index in [2.05, 4.69) is 23.9 Å². The first-order valence-electron chi connectivity index (χ1n) is 6.97. The smallest absolute Gasteiger partial charge is 0.0802 e. The molecule has 1 atom stereocenters. The van der Waals surface area contributed by atoms with Gasteiger partial charge < -0.3 is 10.0 Å². The van der Waals surface area contributed by atoms with Crippen LogP contribution in [0.3, 0.4) is 0 Å². The van der Waals surface area contributed by atoms with Crippen molar-refractivity contribution in [2.24, 2.45) is 0 Å². The van der Waals surface area contributed by atoms with Gasteiger partial charge in [-0.25, -0.2) is 4.98 Å². The van der Waals surface area contributed by atoms with Gasteiger partial charge in [-0.2, -0.15) is 0 Å². The Morgan fingerprint density at radius 1 is 1.25 bits per heavy atom. The van der Waals surface area contributed by atoms with E-state index in [-0.39, 0.29) is 6.10 Å². The van der Waals surface area contributed by atoms with Gasteiger partial charge in [0.25, 0.3) is 0 Å². The lowest BCUT2D eigenvalue weighted by molar-refractivity contribution is 0.149. The maximum atomic E-state index is 10.1. The molecular weight excluding hydrogens is 268 g/mol. The van der Waals surface area contributed by atoms with Gasteiger partial charge in [0.2, 0.25) is 0 Å². The van der Waals surface area contributed by atoms with E-state index in [1.54, 1.807) is 11.3 Å². The Morgan fingerprint density at radius 2 is 2.00 bits per heavy atom. The summed E-state index contributed by atoms with van der Waals surface area (Å²) in [7, 11) is 2.11. The summed E-state index contributed by atoms with van der Waals surface area (Å²) in [6.45, 7) is 3.96. The predicted molar refractivity (Wildman–Crippen MR) is 84.1 cm³/mol. The van der Waals surface area contributed by atoms with E-state index in [9.17, 15) is 5.11 Å². The Bertz CT molecular complexity index is 512. The highest BCUT2D eigenvalue weighted by molar-refractivity contribution is 7.09. The van der Waals surface area contributed by atoms with E-state index < -0.39 is 0 Å². The van der Waals surface area contributed by atoms with Crippen molar-refractivity contribution < 1.29 is 5.11 Å². The molecular formula is C16H22N2OS. The zero-order valence-corrected chi connectivity index (χ0v) is 12.9. The number of aromatic nitrogens is 1. The zero-order valence-electron chi connectivity index (χ0n) is 12.1. The molecule has 0 spiro atoms. The van der Waals surface area contributed by atoms with Gasteiger partial charge in [0.1, 0.15) is 0 Å². The average Bonchev–Trinajstić information content (AvgIpc) is 2.89. The summed E-state index contributed by atoms with van der Waals surface area (Å²) in [5, 5.41) is 10.1. The molecule has 0 radical (unpaired) electrons. The third kappa shape index (κ3) is 4.40. The quantitative estimate of drug-likeness (QED) is 0.851. The Kier molecular flexibility index (Phi) is 5.71. The fourth-order valence-corrected chi connectivity index (χ4v) is 2.93. The summed E-state index contributed by atoms with van der Waals surface area (Å²) in [4.78, 5) is 7.90. The molecule has 20 heavy (non-hydrogen) atoms. The van der Waals surface area contributed by atoms with Gasteiger partial charge in [0.05, 0.1) is 17.3 Å². The van der Waals surface area contributed by atoms with Crippen molar-refractivity contribution in [3.63, 3.8) is 0 Å². The molecule has 3 nitrogen and oxygen atoms in total. The molecule has 0 amide bonds. The van der Waals surface area contributed by atoms with E-state index in [0.29, 0.717) is 0 Å². The molecule has 1 aromatic heterocycles. The predicted octanol–water partition coefficient (Wildman–Crippen LogP) is 3.05. The standard InChI is InChI=1S/C16H22N2OS/c1-13-16(20-12-17-13)9-11-18(2)10-8-15(19)14-6-4-3-5-7-14/h3-7,12,15,19H,8-11H2,1-2H3/t15-/m0/s1. The van der Waals surface area contributed by atoms with E-state index in [1.165, 1.54) is 4.88 Å². The minimum atomic E-state index is -0.371. The molecule has 1 N–H and O–H groups in total. The van der Waals surface area contributed by atoms with Crippen molar-refractivity contribution in [2.75, 3.05) is 20.1 Å². The molecule has 0 aliphatic heterocycles. The first kappa shape index (κ1) is 15.2. The van der Waals surface area contributed by atoms with E-state index >= 15 is 0 Å². The number of likely N-dealkylation sites (N-methyl/N-ethyl adjacent to an activating group) is 1. The SMILES string of the molecule is Cc1ncsc1CCN(C)CC[C@H](O)c1ccccc1. The number of hydrogen-bond acceptors (Lipinski definition) is 4. The summed E-state index contributed by atoms with van der Waals surface area (Å²) < 4.78 is 0. The summed E-state index contributed by atoms with van der Waals surface area (Å²) in [5.74, 6) is 0. The number of hydrogen-bond donors (Lipinski definition) is 1. The molecule has 0 saturated carbocycles. The maximum absolute atomic E-state index is 10.1. The van der Waals surface area contributed by atoms with Crippen LogP contribution in [0.5, 0.6) is 0 Å². The highest BCUT2D eigenvalue weighted by Crippen LogP contribution is 2.17. The van der Waals surface area contributed by atoms with Crippen molar-refractivity contribution in [3.8, 4) is 0 Å².